The summed E-state index contributed by atoms with van der Waals surface area (Å²) in [6.45, 7) is 0. The first-order chi connectivity index (χ1) is 22.0. The highest BCUT2D eigenvalue weighted by Crippen LogP contribution is 2.41. The Bertz CT molecular complexity index is 2020. The first kappa shape index (κ1) is 27.5. The van der Waals surface area contributed by atoms with E-state index in [1.54, 1.807) is 24.3 Å². The minimum absolute atomic E-state index is 0.0395. The number of ether oxygens (including phenoxy) is 2. The molecule has 0 aromatic heterocycles. The van der Waals surface area contributed by atoms with Gasteiger partial charge in [0.1, 0.15) is 28.7 Å². The van der Waals surface area contributed by atoms with Gasteiger partial charge < -0.3 is 25.2 Å². The smallest absolute Gasteiger partial charge is 0.200 e. The molecule has 0 radical (unpaired) electrons. The highest BCUT2D eigenvalue weighted by Gasteiger charge is 2.36. The normalized spacial score (nSPS) is 11.7. The predicted octanol–water partition coefficient (Wildman–Crippen LogP) is 9.24. The van der Waals surface area contributed by atoms with E-state index in [-0.39, 0.29) is 33.8 Å². The number of carbonyl (C=O) groups is 2. The summed E-state index contributed by atoms with van der Waals surface area (Å²) < 4.78 is 11.7. The van der Waals surface area contributed by atoms with Crippen LogP contribution in [0.1, 0.15) is 31.8 Å². The Kier molecular flexibility index (Phi) is 7.17. The molecule has 0 heterocycles. The van der Waals surface area contributed by atoms with Crippen LogP contribution in [0.2, 0.25) is 0 Å². The second-order valence-electron chi connectivity index (χ2n) is 10.4. The monoisotopic (exact) mass is 590 g/mol. The predicted molar refractivity (Wildman–Crippen MR) is 174 cm³/mol. The summed E-state index contributed by atoms with van der Waals surface area (Å²) >= 11 is 0. The highest BCUT2D eigenvalue weighted by molar-refractivity contribution is 6.32. The molecule has 0 bridgehead atoms. The molecular weight excluding hydrogens is 564 g/mol. The van der Waals surface area contributed by atoms with Crippen LogP contribution in [0.5, 0.6) is 28.7 Å². The molecule has 7 heteroatoms. The van der Waals surface area contributed by atoms with Gasteiger partial charge in [-0.15, -0.1) is 0 Å². The number of phenols is 1. The van der Waals surface area contributed by atoms with Crippen molar-refractivity contribution in [3.8, 4) is 28.7 Å². The van der Waals surface area contributed by atoms with E-state index >= 15 is 0 Å². The van der Waals surface area contributed by atoms with Crippen LogP contribution in [-0.4, -0.2) is 16.7 Å². The van der Waals surface area contributed by atoms with Crippen molar-refractivity contribution >= 4 is 34.3 Å². The third kappa shape index (κ3) is 5.58. The minimum Gasteiger partial charge on any atom is -0.507 e. The van der Waals surface area contributed by atoms with Gasteiger partial charge in [0.05, 0.1) is 28.1 Å². The zero-order chi connectivity index (χ0) is 30.8. The molecule has 0 fully saturated rings. The fourth-order valence-corrected chi connectivity index (χ4v) is 5.28. The number of nitrogens with one attached hydrogen (secondary N) is 2. The molecule has 218 valence electrons. The van der Waals surface area contributed by atoms with Crippen molar-refractivity contribution in [2.45, 2.75) is 0 Å². The Hall–Kier alpha value is -6.34. The minimum atomic E-state index is -0.445. The van der Waals surface area contributed by atoms with E-state index < -0.39 is 5.78 Å². The fourth-order valence-electron chi connectivity index (χ4n) is 5.28. The molecule has 1 aliphatic rings. The van der Waals surface area contributed by atoms with Gasteiger partial charge in [0.15, 0.2) is 11.6 Å². The summed E-state index contributed by atoms with van der Waals surface area (Å²) in [5.41, 5.74) is 2.80. The van der Waals surface area contributed by atoms with Crippen LogP contribution in [0, 0.1) is 0 Å². The second-order valence-corrected chi connectivity index (χ2v) is 10.4. The number of para-hydroxylation sites is 2. The largest absolute Gasteiger partial charge is 0.507 e. The molecule has 0 aliphatic heterocycles. The van der Waals surface area contributed by atoms with Crippen molar-refractivity contribution in [1.29, 1.82) is 0 Å². The van der Waals surface area contributed by atoms with E-state index in [1.165, 1.54) is 6.07 Å². The average Bonchev–Trinajstić information content (AvgIpc) is 3.07. The van der Waals surface area contributed by atoms with E-state index in [0.29, 0.717) is 34.2 Å². The third-order valence-corrected chi connectivity index (χ3v) is 7.40. The van der Waals surface area contributed by atoms with E-state index in [4.69, 9.17) is 9.47 Å². The molecule has 1 aliphatic carbocycles. The topological polar surface area (TPSA) is 96.9 Å². The third-order valence-electron chi connectivity index (χ3n) is 7.40. The number of rotatable bonds is 8. The fraction of sp³-hybridized carbons (Fsp3) is 0. The van der Waals surface area contributed by atoms with Crippen LogP contribution in [0.25, 0.3) is 0 Å². The number of fused-ring (bicyclic) bond motifs is 2. The summed E-state index contributed by atoms with van der Waals surface area (Å²) in [6, 6.07) is 41.6. The molecule has 0 saturated heterocycles. The van der Waals surface area contributed by atoms with Crippen LogP contribution in [0.15, 0.2) is 140 Å². The number of anilines is 4. The second kappa shape index (κ2) is 11.7. The number of aromatic hydroxyl groups is 1. The van der Waals surface area contributed by atoms with Crippen molar-refractivity contribution in [1.82, 2.24) is 0 Å². The quantitative estimate of drug-likeness (QED) is 0.152. The number of hydrogen-bond donors (Lipinski definition) is 3. The summed E-state index contributed by atoms with van der Waals surface area (Å²) in [5, 5.41) is 17.3. The molecule has 7 nitrogen and oxygen atoms in total. The van der Waals surface area contributed by atoms with E-state index in [2.05, 4.69) is 10.6 Å². The van der Waals surface area contributed by atoms with Gasteiger partial charge in [-0.2, -0.15) is 0 Å². The Balaban J connectivity index is 1.14. The molecular formula is C38H26N2O5. The van der Waals surface area contributed by atoms with Gasteiger partial charge in [0.2, 0.25) is 0 Å². The van der Waals surface area contributed by atoms with Gasteiger partial charge in [-0.05, 0) is 91.0 Å². The van der Waals surface area contributed by atoms with Crippen LogP contribution >= 0.6 is 0 Å². The van der Waals surface area contributed by atoms with Gasteiger partial charge in [0, 0.05) is 16.9 Å². The first-order valence-electron chi connectivity index (χ1n) is 14.3. The van der Waals surface area contributed by atoms with Gasteiger partial charge in [0.25, 0.3) is 0 Å². The van der Waals surface area contributed by atoms with E-state index in [0.717, 1.165) is 11.5 Å². The summed E-state index contributed by atoms with van der Waals surface area (Å²) in [7, 11) is 0. The van der Waals surface area contributed by atoms with Crippen molar-refractivity contribution in [2.75, 3.05) is 10.6 Å². The zero-order valence-electron chi connectivity index (χ0n) is 23.9. The molecule has 3 N–H and O–H groups in total. The molecule has 0 saturated carbocycles. The summed E-state index contributed by atoms with van der Waals surface area (Å²) in [5.74, 6) is 1.68. The van der Waals surface area contributed by atoms with Crippen molar-refractivity contribution < 1.29 is 24.2 Å². The standard InChI is InChI=1S/C38H26N2O5/c41-33-23-22-32(40-25-16-20-29(21-17-25)45-27-10-5-2-6-11-27)35-36(33)38(43)34-30(37(35)42)12-7-13-31(34)39-24-14-18-28(19-15-24)44-26-8-3-1-4-9-26/h1-23,39-41H. The van der Waals surface area contributed by atoms with Gasteiger partial charge in [-0.3, -0.25) is 9.59 Å². The van der Waals surface area contributed by atoms with Crippen molar-refractivity contribution in [3.05, 3.63) is 162 Å². The maximum absolute atomic E-state index is 13.9. The zero-order valence-corrected chi connectivity index (χ0v) is 23.9. The molecule has 0 atom stereocenters. The summed E-state index contributed by atoms with van der Waals surface area (Å²) in [4.78, 5) is 27.9. The molecule has 0 unspecified atom stereocenters. The highest BCUT2D eigenvalue weighted by atomic mass is 16.5. The number of carbonyl (C=O) groups excluding carboxylic acids is 2. The molecule has 6 aromatic carbocycles. The SMILES string of the molecule is O=C1c2c(Nc3ccc(Oc4ccccc4)cc3)cccc2C(=O)c2c(Nc3ccc(Oc4ccccc4)cc3)ccc(O)c21. The Labute approximate surface area is 259 Å². The van der Waals surface area contributed by atoms with E-state index in [1.807, 2.05) is 109 Å². The lowest BCUT2D eigenvalue weighted by atomic mass is 9.81. The van der Waals surface area contributed by atoms with Crippen LogP contribution in [0.4, 0.5) is 22.7 Å². The Morgan fingerprint density at radius 1 is 0.422 bits per heavy atom. The maximum Gasteiger partial charge on any atom is 0.200 e. The molecule has 6 aromatic rings. The Morgan fingerprint density at radius 2 is 0.911 bits per heavy atom. The lowest BCUT2D eigenvalue weighted by molar-refractivity contribution is 0.0978. The lowest BCUT2D eigenvalue weighted by Crippen LogP contribution is -2.23. The lowest BCUT2D eigenvalue weighted by Gasteiger charge is -2.24. The van der Waals surface area contributed by atoms with Crippen LogP contribution in [-0.2, 0) is 0 Å². The van der Waals surface area contributed by atoms with Crippen molar-refractivity contribution in [3.63, 3.8) is 0 Å². The van der Waals surface area contributed by atoms with Crippen molar-refractivity contribution in [2.24, 2.45) is 0 Å². The van der Waals surface area contributed by atoms with Gasteiger partial charge in [-0.1, -0.05) is 48.5 Å². The number of hydrogen-bond acceptors (Lipinski definition) is 7. The first-order valence-corrected chi connectivity index (χ1v) is 14.3. The number of benzene rings is 6. The van der Waals surface area contributed by atoms with Crippen LogP contribution < -0.4 is 20.1 Å². The van der Waals surface area contributed by atoms with Crippen LogP contribution in [0.3, 0.4) is 0 Å². The van der Waals surface area contributed by atoms with Gasteiger partial charge in [-0.25, -0.2) is 0 Å². The number of phenolic OH excluding ortho intramolecular Hbond substituents is 1. The number of ketones is 2. The van der Waals surface area contributed by atoms with Gasteiger partial charge >= 0.3 is 0 Å². The molecule has 0 spiro atoms. The molecule has 7 rings (SSSR count). The average molecular weight is 591 g/mol. The molecule has 0 amide bonds. The Morgan fingerprint density at radius 3 is 1.44 bits per heavy atom. The molecule has 45 heavy (non-hydrogen) atoms. The van der Waals surface area contributed by atoms with E-state index in [9.17, 15) is 14.7 Å². The summed E-state index contributed by atoms with van der Waals surface area (Å²) in [6.07, 6.45) is 0. The maximum atomic E-state index is 13.9.